The maximum absolute atomic E-state index is 12.6. The van der Waals surface area contributed by atoms with E-state index in [1.807, 2.05) is 29.8 Å². The van der Waals surface area contributed by atoms with Gasteiger partial charge in [-0.05, 0) is 38.1 Å². The lowest BCUT2D eigenvalue weighted by atomic mass is 10.2. The number of amides is 1. The molecule has 8 heteroatoms. The SMILES string of the molecule is Cc1cccc2ncc(C(=O)NCc3cc4n(n3)CCCNC4)c(=O)n12. The van der Waals surface area contributed by atoms with Crippen LogP contribution in [0.4, 0.5) is 0 Å². The van der Waals surface area contributed by atoms with Crippen molar-refractivity contribution in [2.75, 3.05) is 6.54 Å². The van der Waals surface area contributed by atoms with Crippen molar-refractivity contribution in [3.63, 3.8) is 0 Å². The lowest BCUT2D eigenvalue weighted by molar-refractivity contribution is 0.0948. The minimum atomic E-state index is -0.443. The summed E-state index contributed by atoms with van der Waals surface area (Å²) in [6, 6.07) is 7.36. The first-order chi connectivity index (χ1) is 12.6. The zero-order valence-corrected chi connectivity index (χ0v) is 14.5. The van der Waals surface area contributed by atoms with Crippen LogP contribution in [0.15, 0.2) is 35.3 Å². The fourth-order valence-corrected chi connectivity index (χ4v) is 3.20. The second kappa shape index (κ2) is 6.72. The van der Waals surface area contributed by atoms with Gasteiger partial charge in [0.2, 0.25) is 0 Å². The average Bonchev–Trinajstić information content (AvgIpc) is 2.89. The highest BCUT2D eigenvalue weighted by Gasteiger charge is 2.15. The van der Waals surface area contributed by atoms with Gasteiger partial charge in [-0.25, -0.2) is 4.98 Å². The zero-order chi connectivity index (χ0) is 18.1. The number of aryl methyl sites for hydroxylation is 2. The van der Waals surface area contributed by atoms with E-state index in [0.717, 1.165) is 43.1 Å². The van der Waals surface area contributed by atoms with E-state index in [0.29, 0.717) is 5.65 Å². The van der Waals surface area contributed by atoms with Gasteiger partial charge in [-0.2, -0.15) is 5.10 Å². The smallest absolute Gasteiger partial charge is 0.270 e. The van der Waals surface area contributed by atoms with Crippen molar-refractivity contribution in [1.29, 1.82) is 0 Å². The summed E-state index contributed by atoms with van der Waals surface area (Å²) in [5.41, 5.74) is 2.81. The number of nitrogens with one attached hydrogen (secondary N) is 2. The Hall–Kier alpha value is -3.00. The minimum Gasteiger partial charge on any atom is -0.346 e. The van der Waals surface area contributed by atoms with E-state index < -0.39 is 5.91 Å². The zero-order valence-electron chi connectivity index (χ0n) is 14.5. The Balaban J connectivity index is 1.54. The molecule has 4 rings (SSSR count). The van der Waals surface area contributed by atoms with Crippen molar-refractivity contribution in [2.24, 2.45) is 0 Å². The molecule has 0 unspecified atom stereocenters. The Labute approximate surface area is 149 Å². The molecule has 0 saturated carbocycles. The molecule has 2 N–H and O–H groups in total. The van der Waals surface area contributed by atoms with Gasteiger partial charge in [0.15, 0.2) is 0 Å². The van der Waals surface area contributed by atoms with E-state index in [2.05, 4.69) is 20.7 Å². The van der Waals surface area contributed by atoms with Gasteiger partial charge in [0.25, 0.3) is 11.5 Å². The molecule has 0 radical (unpaired) electrons. The van der Waals surface area contributed by atoms with E-state index in [4.69, 9.17) is 0 Å². The molecule has 134 valence electrons. The molecule has 3 aromatic rings. The molecule has 1 amide bonds. The molecular weight excluding hydrogens is 332 g/mol. The van der Waals surface area contributed by atoms with E-state index in [9.17, 15) is 9.59 Å². The number of nitrogens with zero attached hydrogens (tertiary/aromatic N) is 4. The Morgan fingerprint density at radius 3 is 3.15 bits per heavy atom. The van der Waals surface area contributed by atoms with E-state index in [-0.39, 0.29) is 17.7 Å². The molecule has 0 bridgehead atoms. The average molecular weight is 352 g/mol. The molecular formula is C18H20N6O2. The maximum atomic E-state index is 12.6. The van der Waals surface area contributed by atoms with Crippen molar-refractivity contribution < 1.29 is 4.79 Å². The van der Waals surface area contributed by atoms with Crippen molar-refractivity contribution in [3.05, 3.63) is 63.5 Å². The summed E-state index contributed by atoms with van der Waals surface area (Å²) in [5.74, 6) is -0.443. The van der Waals surface area contributed by atoms with Crippen LogP contribution in [0.2, 0.25) is 0 Å². The Bertz CT molecular complexity index is 1010. The highest BCUT2D eigenvalue weighted by atomic mass is 16.2. The number of hydrogen-bond donors (Lipinski definition) is 2. The number of hydrogen-bond acceptors (Lipinski definition) is 5. The summed E-state index contributed by atoms with van der Waals surface area (Å²) in [6.07, 6.45) is 2.36. The van der Waals surface area contributed by atoms with Crippen LogP contribution < -0.4 is 16.2 Å². The van der Waals surface area contributed by atoms with Crippen LogP contribution in [0.25, 0.3) is 5.65 Å². The van der Waals surface area contributed by atoms with Crippen LogP contribution in [0.5, 0.6) is 0 Å². The molecule has 4 heterocycles. The quantitative estimate of drug-likeness (QED) is 0.721. The summed E-state index contributed by atoms with van der Waals surface area (Å²) in [6.45, 7) is 4.70. The van der Waals surface area contributed by atoms with Gasteiger partial charge in [-0.3, -0.25) is 18.7 Å². The van der Waals surface area contributed by atoms with Crippen molar-refractivity contribution in [3.8, 4) is 0 Å². The van der Waals surface area contributed by atoms with Gasteiger partial charge in [-0.15, -0.1) is 0 Å². The van der Waals surface area contributed by atoms with E-state index in [1.54, 1.807) is 6.07 Å². The third-order valence-corrected chi connectivity index (χ3v) is 4.54. The first-order valence-corrected chi connectivity index (χ1v) is 8.65. The van der Waals surface area contributed by atoms with Crippen LogP contribution in [0, 0.1) is 6.92 Å². The van der Waals surface area contributed by atoms with Crippen LogP contribution in [0.1, 0.15) is 33.9 Å². The first-order valence-electron chi connectivity index (χ1n) is 8.65. The van der Waals surface area contributed by atoms with Gasteiger partial charge in [-0.1, -0.05) is 6.07 Å². The second-order valence-electron chi connectivity index (χ2n) is 6.40. The molecule has 0 aromatic carbocycles. The van der Waals surface area contributed by atoms with Gasteiger partial charge >= 0.3 is 0 Å². The standard InChI is InChI=1S/C18H20N6O2/c1-12-4-2-5-16-20-11-15(18(26)24(12)16)17(25)21-9-13-8-14-10-19-6-3-7-23(14)22-13/h2,4-5,8,11,19H,3,6-7,9-10H2,1H3,(H,21,25). The topological polar surface area (TPSA) is 93.3 Å². The number of pyridine rings is 1. The monoisotopic (exact) mass is 352 g/mol. The van der Waals surface area contributed by atoms with Crippen molar-refractivity contribution in [2.45, 2.75) is 33.0 Å². The molecule has 0 atom stereocenters. The molecule has 1 aliphatic heterocycles. The fraction of sp³-hybridized carbons (Fsp3) is 0.333. The Kier molecular flexibility index (Phi) is 4.26. The molecule has 1 aliphatic rings. The van der Waals surface area contributed by atoms with Crippen molar-refractivity contribution >= 4 is 11.6 Å². The normalized spacial score (nSPS) is 14.0. The number of rotatable bonds is 3. The molecule has 0 aliphatic carbocycles. The highest BCUT2D eigenvalue weighted by Crippen LogP contribution is 2.08. The fourth-order valence-electron chi connectivity index (χ4n) is 3.20. The maximum Gasteiger partial charge on any atom is 0.270 e. The third-order valence-electron chi connectivity index (χ3n) is 4.54. The van der Waals surface area contributed by atoms with Gasteiger partial charge < -0.3 is 10.6 Å². The molecule has 3 aromatic heterocycles. The third kappa shape index (κ3) is 2.99. The molecule has 26 heavy (non-hydrogen) atoms. The Morgan fingerprint density at radius 1 is 1.38 bits per heavy atom. The number of aromatic nitrogens is 4. The van der Waals surface area contributed by atoms with Crippen LogP contribution in [0.3, 0.4) is 0 Å². The van der Waals surface area contributed by atoms with Crippen LogP contribution in [-0.2, 0) is 19.6 Å². The number of fused-ring (bicyclic) bond motifs is 2. The van der Waals surface area contributed by atoms with E-state index in [1.165, 1.54) is 10.6 Å². The summed E-state index contributed by atoms with van der Waals surface area (Å²) in [4.78, 5) is 29.3. The summed E-state index contributed by atoms with van der Waals surface area (Å²) < 4.78 is 3.41. The summed E-state index contributed by atoms with van der Waals surface area (Å²) in [7, 11) is 0. The molecule has 0 spiro atoms. The van der Waals surface area contributed by atoms with Crippen molar-refractivity contribution in [1.82, 2.24) is 29.8 Å². The minimum absolute atomic E-state index is 0.0271. The van der Waals surface area contributed by atoms with Crippen LogP contribution >= 0.6 is 0 Å². The Morgan fingerprint density at radius 2 is 2.27 bits per heavy atom. The summed E-state index contributed by atoms with van der Waals surface area (Å²) in [5, 5.41) is 10.6. The summed E-state index contributed by atoms with van der Waals surface area (Å²) >= 11 is 0. The predicted octanol–water partition coefficient (Wildman–Crippen LogP) is 0.623. The molecule has 0 saturated heterocycles. The van der Waals surface area contributed by atoms with Gasteiger partial charge in [0, 0.05) is 25.0 Å². The number of carbonyl (C=O) groups is 1. The predicted molar refractivity (Wildman–Crippen MR) is 95.9 cm³/mol. The molecule has 8 nitrogen and oxygen atoms in total. The molecule has 0 fully saturated rings. The van der Waals surface area contributed by atoms with Crippen LogP contribution in [-0.4, -0.2) is 31.6 Å². The lowest BCUT2D eigenvalue weighted by Crippen LogP contribution is -2.32. The second-order valence-corrected chi connectivity index (χ2v) is 6.40. The first kappa shape index (κ1) is 16.5. The highest BCUT2D eigenvalue weighted by molar-refractivity contribution is 5.93. The largest absolute Gasteiger partial charge is 0.346 e. The van der Waals surface area contributed by atoms with Gasteiger partial charge in [0.1, 0.15) is 11.2 Å². The number of carbonyl (C=O) groups excluding carboxylic acids is 1. The van der Waals surface area contributed by atoms with Gasteiger partial charge in [0.05, 0.1) is 17.9 Å². The lowest BCUT2D eigenvalue weighted by Gasteiger charge is -2.07. The van der Waals surface area contributed by atoms with E-state index >= 15 is 0 Å².